The number of rotatable bonds is 5. The summed E-state index contributed by atoms with van der Waals surface area (Å²) >= 11 is 0. The average molecular weight is 407 g/mol. The molecule has 1 atom stereocenters. The summed E-state index contributed by atoms with van der Waals surface area (Å²) in [7, 11) is 0. The largest absolute Gasteiger partial charge is 0.485 e. The molecule has 0 saturated heterocycles. The predicted octanol–water partition coefficient (Wildman–Crippen LogP) is 2.36. The first kappa shape index (κ1) is 19.9. The van der Waals surface area contributed by atoms with Crippen LogP contribution in [0.5, 0.6) is 11.5 Å². The number of hydrogen-bond acceptors (Lipinski definition) is 5. The van der Waals surface area contributed by atoms with Gasteiger partial charge in [-0.3, -0.25) is 9.59 Å². The van der Waals surface area contributed by atoms with Crippen molar-refractivity contribution >= 4 is 17.5 Å². The van der Waals surface area contributed by atoms with Gasteiger partial charge in [0.1, 0.15) is 6.61 Å². The lowest BCUT2D eigenvalue weighted by Gasteiger charge is -2.25. The van der Waals surface area contributed by atoms with E-state index in [4.69, 9.17) is 9.47 Å². The molecule has 0 unspecified atom stereocenters. The second-order valence-corrected chi connectivity index (χ2v) is 7.50. The fourth-order valence-electron chi connectivity index (χ4n) is 3.64. The van der Waals surface area contributed by atoms with E-state index in [0.29, 0.717) is 11.5 Å². The third kappa shape index (κ3) is 4.62. The lowest BCUT2D eigenvalue weighted by molar-refractivity contribution is -0.132. The molecular weight excluding hydrogens is 382 g/mol. The highest BCUT2D eigenvalue weighted by Gasteiger charge is 2.27. The molecule has 1 heterocycles. The normalized spacial score (nSPS) is 17.6. The van der Waals surface area contributed by atoms with Gasteiger partial charge in [-0.05, 0) is 67.5 Å². The number of hydrogen-bond donors (Lipinski definition) is 2. The molecule has 156 valence electrons. The summed E-state index contributed by atoms with van der Waals surface area (Å²) in [5.41, 5.74) is 6.98. The highest BCUT2D eigenvalue weighted by atomic mass is 16.6. The van der Waals surface area contributed by atoms with Gasteiger partial charge in [-0.2, -0.15) is 5.10 Å². The molecule has 0 spiro atoms. The molecule has 2 aromatic carbocycles. The minimum absolute atomic E-state index is 0.0973. The van der Waals surface area contributed by atoms with Gasteiger partial charge in [0, 0.05) is 0 Å². The third-order valence-electron chi connectivity index (χ3n) is 5.34. The van der Waals surface area contributed by atoms with Crippen molar-refractivity contribution < 1.29 is 19.1 Å². The van der Waals surface area contributed by atoms with Crippen molar-refractivity contribution in [3.05, 3.63) is 59.2 Å². The molecule has 30 heavy (non-hydrogen) atoms. The van der Waals surface area contributed by atoms with Crippen molar-refractivity contribution in [2.75, 3.05) is 13.2 Å². The summed E-state index contributed by atoms with van der Waals surface area (Å²) < 4.78 is 11.2. The minimum atomic E-state index is -0.798. The highest BCUT2D eigenvalue weighted by molar-refractivity contribution is 5.99. The molecule has 2 N–H and O–H groups in total. The molecule has 7 heteroatoms. The number of carbonyl (C=O) groups excluding carboxylic acids is 2. The van der Waals surface area contributed by atoms with Gasteiger partial charge < -0.3 is 14.8 Å². The van der Waals surface area contributed by atoms with E-state index in [0.717, 1.165) is 24.1 Å². The van der Waals surface area contributed by atoms with E-state index in [-0.39, 0.29) is 13.2 Å². The summed E-state index contributed by atoms with van der Waals surface area (Å²) in [5.74, 6) is 0.303. The van der Waals surface area contributed by atoms with Crippen molar-refractivity contribution in [3.8, 4) is 11.5 Å². The van der Waals surface area contributed by atoms with Crippen molar-refractivity contribution in [2.24, 2.45) is 5.10 Å². The Morgan fingerprint density at radius 1 is 1.07 bits per heavy atom. The Bertz CT molecular complexity index is 986. The number of fused-ring (bicyclic) bond motifs is 2. The average Bonchev–Trinajstić information content (AvgIpc) is 2.80. The van der Waals surface area contributed by atoms with Crippen molar-refractivity contribution in [3.63, 3.8) is 0 Å². The molecule has 2 aliphatic rings. The predicted molar refractivity (Wildman–Crippen MR) is 113 cm³/mol. The molecule has 7 nitrogen and oxygen atoms in total. The Morgan fingerprint density at radius 3 is 2.67 bits per heavy atom. The Labute approximate surface area is 175 Å². The summed E-state index contributed by atoms with van der Waals surface area (Å²) in [6.07, 6.45) is 3.87. The second-order valence-electron chi connectivity index (χ2n) is 7.50. The number of carbonyl (C=O) groups is 2. The van der Waals surface area contributed by atoms with Gasteiger partial charge in [-0.1, -0.05) is 24.3 Å². The second kappa shape index (κ2) is 8.98. The summed E-state index contributed by atoms with van der Waals surface area (Å²) in [5, 5.41) is 6.74. The minimum Gasteiger partial charge on any atom is -0.485 e. The van der Waals surface area contributed by atoms with Crippen LogP contribution in [0.15, 0.2) is 47.6 Å². The van der Waals surface area contributed by atoms with Crippen LogP contribution in [-0.2, 0) is 22.4 Å². The fraction of sp³-hybridized carbons (Fsp3) is 0.348. The van der Waals surface area contributed by atoms with E-state index >= 15 is 0 Å². The van der Waals surface area contributed by atoms with Crippen LogP contribution in [0.1, 0.15) is 36.5 Å². The van der Waals surface area contributed by atoms with Gasteiger partial charge in [0.2, 0.25) is 6.10 Å². The monoisotopic (exact) mass is 407 g/mol. The van der Waals surface area contributed by atoms with Gasteiger partial charge in [-0.15, -0.1) is 0 Å². The molecule has 0 saturated carbocycles. The smallest absolute Gasteiger partial charge is 0.265 e. The van der Waals surface area contributed by atoms with Crippen LogP contribution in [0.2, 0.25) is 0 Å². The number of nitrogens with one attached hydrogen (secondary N) is 2. The zero-order chi connectivity index (χ0) is 20.9. The number of benzene rings is 2. The van der Waals surface area contributed by atoms with Gasteiger partial charge in [0.25, 0.3) is 11.8 Å². The Morgan fingerprint density at radius 2 is 1.83 bits per heavy atom. The Kier molecular flexibility index (Phi) is 5.97. The molecule has 0 bridgehead atoms. The number of ether oxygens (including phenoxy) is 2. The molecule has 0 fully saturated rings. The molecule has 0 radical (unpaired) electrons. The van der Waals surface area contributed by atoms with E-state index in [2.05, 4.69) is 28.0 Å². The maximum atomic E-state index is 12.3. The Hall–Kier alpha value is -3.35. The van der Waals surface area contributed by atoms with Crippen LogP contribution in [0.3, 0.4) is 0 Å². The van der Waals surface area contributed by atoms with Crippen molar-refractivity contribution in [1.29, 1.82) is 0 Å². The molecule has 1 aliphatic heterocycles. The third-order valence-corrected chi connectivity index (χ3v) is 5.34. The first-order valence-electron chi connectivity index (χ1n) is 10.2. The van der Waals surface area contributed by atoms with Crippen molar-refractivity contribution in [2.45, 2.75) is 38.7 Å². The number of nitrogens with zero attached hydrogens (tertiary/aromatic N) is 1. The van der Waals surface area contributed by atoms with Crippen LogP contribution in [0, 0.1) is 0 Å². The van der Waals surface area contributed by atoms with Gasteiger partial charge in [-0.25, -0.2) is 5.43 Å². The van der Waals surface area contributed by atoms with Crippen molar-refractivity contribution in [1.82, 2.24) is 10.7 Å². The molecular formula is C23H25N3O4. The van der Waals surface area contributed by atoms with E-state index < -0.39 is 17.9 Å². The molecule has 1 aliphatic carbocycles. The van der Waals surface area contributed by atoms with Crippen LogP contribution in [-0.4, -0.2) is 36.8 Å². The maximum absolute atomic E-state index is 12.3. The number of aryl methyl sites for hydroxylation is 2. The zero-order valence-electron chi connectivity index (χ0n) is 16.9. The zero-order valence-corrected chi connectivity index (χ0v) is 16.9. The Balaban J connectivity index is 1.27. The van der Waals surface area contributed by atoms with Gasteiger partial charge >= 0.3 is 0 Å². The molecule has 2 amide bonds. The van der Waals surface area contributed by atoms with Crippen LogP contribution < -0.4 is 20.2 Å². The van der Waals surface area contributed by atoms with E-state index in [1.165, 1.54) is 24.0 Å². The number of hydrazone groups is 1. The standard InChI is InChI=1S/C23H25N3O4/c1-15(17-11-10-16-6-2-3-7-18(16)12-17)25-26-22(27)13-24-23(28)21-14-29-19-8-4-5-9-20(19)30-21/h4-5,8-12,21H,2-3,6-7,13-14H2,1H3,(H,24,28)(H,26,27)/b25-15+/t21-/m1/s1. The first-order chi connectivity index (χ1) is 14.6. The molecule has 4 rings (SSSR count). The van der Waals surface area contributed by atoms with Crippen LogP contribution >= 0.6 is 0 Å². The number of para-hydroxylation sites is 2. The lowest BCUT2D eigenvalue weighted by atomic mass is 9.90. The lowest BCUT2D eigenvalue weighted by Crippen LogP contribution is -2.46. The summed E-state index contributed by atoms with van der Waals surface area (Å²) in [6, 6.07) is 13.5. The summed E-state index contributed by atoms with van der Waals surface area (Å²) in [4.78, 5) is 24.4. The van der Waals surface area contributed by atoms with Crippen LogP contribution in [0.25, 0.3) is 0 Å². The SMILES string of the molecule is C/C(=N\NC(=O)CNC(=O)[C@H]1COc2ccccc2O1)c1ccc2c(c1)CCCC2. The van der Waals surface area contributed by atoms with E-state index in [1.54, 1.807) is 18.2 Å². The highest BCUT2D eigenvalue weighted by Crippen LogP contribution is 2.30. The van der Waals surface area contributed by atoms with Gasteiger partial charge in [0.05, 0.1) is 12.3 Å². The summed E-state index contributed by atoms with van der Waals surface area (Å²) in [6.45, 7) is 1.76. The fourth-order valence-corrected chi connectivity index (χ4v) is 3.64. The molecule has 0 aromatic heterocycles. The molecule has 2 aromatic rings. The quantitative estimate of drug-likeness (QED) is 0.588. The first-order valence-corrected chi connectivity index (χ1v) is 10.2. The topological polar surface area (TPSA) is 89.0 Å². The maximum Gasteiger partial charge on any atom is 0.265 e. The van der Waals surface area contributed by atoms with Gasteiger partial charge in [0.15, 0.2) is 11.5 Å². The van der Waals surface area contributed by atoms with E-state index in [1.807, 2.05) is 19.1 Å². The van der Waals surface area contributed by atoms with E-state index in [9.17, 15) is 9.59 Å². The number of amides is 2. The van der Waals surface area contributed by atoms with Crippen LogP contribution in [0.4, 0.5) is 0 Å².